The second kappa shape index (κ2) is 7.07. The fourth-order valence-corrected chi connectivity index (χ4v) is 5.87. The lowest BCUT2D eigenvalue weighted by atomic mass is 10.1. The molecule has 7 heteroatoms. The van der Waals surface area contributed by atoms with E-state index in [1.165, 1.54) is 28.3 Å². The zero-order valence-corrected chi connectivity index (χ0v) is 17.2. The number of rotatable bonds is 4. The Morgan fingerprint density at radius 2 is 1.79 bits per heavy atom. The SMILES string of the molecule is CC1Cc2ccccc2N1C(=O)c1ccc(N(C)S(=O)(=O)c2cccs2)cc1. The van der Waals surface area contributed by atoms with E-state index in [1.807, 2.05) is 36.1 Å². The smallest absolute Gasteiger partial charge is 0.273 e. The van der Waals surface area contributed by atoms with E-state index in [0.717, 1.165) is 12.1 Å². The van der Waals surface area contributed by atoms with Gasteiger partial charge in [0.1, 0.15) is 4.21 Å². The standard InChI is InChI=1S/C21H20N2O3S2/c1-15-14-17-6-3-4-7-19(17)23(15)21(24)16-9-11-18(12-10-16)22(2)28(25,26)20-8-5-13-27-20/h3-13,15H,14H2,1-2H3. The van der Waals surface area contributed by atoms with Crippen LogP contribution in [0.2, 0.25) is 0 Å². The van der Waals surface area contributed by atoms with Gasteiger partial charge < -0.3 is 4.90 Å². The molecule has 0 saturated heterocycles. The normalized spacial score (nSPS) is 16.1. The number of thiophene rings is 1. The van der Waals surface area contributed by atoms with E-state index in [2.05, 4.69) is 0 Å². The molecule has 5 nitrogen and oxygen atoms in total. The molecule has 2 aromatic carbocycles. The first-order valence-corrected chi connectivity index (χ1v) is 11.3. The van der Waals surface area contributed by atoms with Crippen LogP contribution in [-0.4, -0.2) is 27.4 Å². The number of fused-ring (bicyclic) bond motifs is 1. The van der Waals surface area contributed by atoms with Crippen molar-refractivity contribution in [1.82, 2.24) is 0 Å². The lowest BCUT2D eigenvalue weighted by molar-refractivity contribution is 0.0981. The molecule has 1 unspecified atom stereocenters. The lowest BCUT2D eigenvalue weighted by Gasteiger charge is -2.23. The molecular weight excluding hydrogens is 392 g/mol. The number of nitrogens with zero attached hydrogens (tertiary/aromatic N) is 2. The summed E-state index contributed by atoms with van der Waals surface area (Å²) >= 11 is 1.18. The number of benzene rings is 2. The Morgan fingerprint density at radius 3 is 2.46 bits per heavy atom. The van der Waals surface area contributed by atoms with Gasteiger partial charge >= 0.3 is 0 Å². The molecule has 0 fully saturated rings. The summed E-state index contributed by atoms with van der Waals surface area (Å²) in [4.78, 5) is 14.9. The maximum Gasteiger partial charge on any atom is 0.273 e. The summed E-state index contributed by atoms with van der Waals surface area (Å²) < 4.78 is 26.9. The third kappa shape index (κ3) is 3.10. The van der Waals surface area contributed by atoms with Crippen molar-refractivity contribution in [2.45, 2.75) is 23.6 Å². The molecule has 1 atom stereocenters. The highest BCUT2D eigenvalue weighted by atomic mass is 32.2. The molecule has 0 saturated carbocycles. The summed E-state index contributed by atoms with van der Waals surface area (Å²) in [5.41, 5.74) is 3.16. The number of amides is 1. The van der Waals surface area contributed by atoms with E-state index >= 15 is 0 Å². The molecule has 0 bridgehead atoms. The van der Waals surface area contributed by atoms with Gasteiger partial charge in [0, 0.05) is 24.3 Å². The van der Waals surface area contributed by atoms with E-state index in [0.29, 0.717) is 11.3 Å². The fraction of sp³-hybridized carbons (Fsp3) is 0.190. The minimum atomic E-state index is -3.59. The highest BCUT2D eigenvalue weighted by molar-refractivity contribution is 7.94. The van der Waals surface area contributed by atoms with E-state index in [1.54, 1.807) is 41.8 Å². The minimum Gasteiger partial charge on any atom is -0.305 e. The molecule has 1 amide bonds. The number of hydrogen-bond acceptors (Lipinski definition) is 4. The van der Waals surface area contributed by atoms with Crippen LogP contribution in [0.4, 0.5) is 11.4 Å². The van der Waals surface area contributed by atoms with Crippen molar-refractivity contribution in [3.63, 3.8) is 0 Å². The molecule has 3 aromatic rings. The number of anilines is 2. The molecule has 0 spiro atoms. The van der Waals surface area contributed by atoms with Crippen LogP contribution in [-0.2, 0) is 16.4 Å². The zero-order chi connectivity index (χ0) is 19.9. The summed E-state index contributed by atoms with van der Waals surface area (Å²) in [6.45, 7) is 2.04. The highest BCUT2D eigenvalue weighted by Crippen LogP contribution is 2.33. The van der Waals surface area contributed by atoms with Gasteiger partial charge in [-0.3, -0.25) is 9.10 Å². The zero-order valence-electron chi connectivity index (χ0n) is 15.6. The quantitative estimate of drug-likeness (QED) is 0.646. The molecule has 28 heavy (non-hydrogen) atoms. The topological polar surface area (TPSA) is 57.7 Å². The molecule has 1 aliphatic heterocycles. The van der Waals surface area contributed by atoms with Crippen LogP contribution in [0, 0.1) is 0 Å². The second-order valence-electron chi connectivity index (χ2n) is 6.81. The summed E-state index contributed by atoms with van der Waals surface area (Å²) in [6.07, 6.45) is 0.835. The lowest BCUT2D eigenvalue weighted by Crippen LogP contribution is -2.35. The Balaban J connectivity index is 1.59. The second-order valence-corrected chi connectivity index (χ2v) is 9.95. The monoisotopic (exact) mass is 412 g/mol. The Kier molecular flexibility index (Phi) is 4.72. The predicted molar refractivity (Wildman–Crippen MR) is 113 cm³/mol. The summed E-state index contributed by atoms with van der Waals surface area (Å²) in [5.74, 6) is -0.0761. The Hall–Kier alpha value is -2.64. The molecule has 1 aromatic heterocycles. The molecule has 0 N–H and O–H groups in total. The van der Waals surface area contributed by atoms with E-state index in [9.17, 15) is 13.2 Å². The molecule has 144 valence electrons. The Morgan fingerprint density at radius 1 is 1.07 bits per heavy atom. The van der Waals surface area contributed by atoms with Crippen LogP contribution in [0.1, 0.15) is 22.8 Å². The van der Waals surface area contributed by atoms with Gasteiger partial charge in [-0.05, 0) is 60.7 Å². The molecule has 0 aliphatic carbocycles. The van der Waals surface area contributed by atoms with Crippen LogP contribution in [0.25, 0.3) is 0 Å². The first kappa shape index (κ1) is 18.7. The van der Waals surface area contributed by atoms with Crippen molar-refractivity contribution >= 4 is 38.6 Å². The van der Waals surface area contributed by atoms with Gasteiger partial charge in [-0.15, -0.1) is 11.3 Å². The van der Waals surface area contributed by atoms with Crippen molar-refractivity contribution in [2.75, 3.05) is 16.3 Å². The van der Waals surface area contributed by atoms with Crippen LogP contribution in [0.3, 0.4) is 0 Å². The van der Waals surface area contributed by atoms with E-state index in [-0.39, 0.29) is 16.2 Å². The summed E-state index contributed by atoms with van der Waals surface area (Å²) in [6, 6.07) is 18.0. The van der Waals surface area contributed by atoms with E-state index < -0.39 is 10.0 Å². The van der Waals surface area contributed by atoms with Crippen LogP contribution < -0.4 is 9.21 Å². The van der Waals surface area contributed by atoms with Gasteiger partial charge in [0.15, 0.2) is 0 Å². The maximum absolute atomic E-state index is 13.1. The number of carbonyl (C=O) groups is 1. The third-order valence-electron chi connectivity index (χ3n) is 5.01. The average Bonchev–Trinajstić information content (AvgIpc) is 3.34. The molecular formula is C21H20N2O3S2. The predicted octanol–water partition coefficient (Wildman–Crippen LogP) is 4.16. The van der Waals surface area contributed by atoms with E-state index in [4.69, 9.17) is 0 Å². The summed E-state index contributed by atoms with van der Waals surface area (Å²) in [5, 5.41) is 1.73. The van der Waals surface area contributed by atoms with Crippen molar-refractivity contribution in [2.24, 2.45) is 0 Å². The molecule has 0 radical (unpaired) electrons. The van der Waals surface area contributed by atoms with Crippen LogP contribution in [0.15, 0.2) is 70.3 Å². The largest absolute Gasteiger partial charge is 0.305 e. The van der Waals surface area contributed by atoms with Crippen molar-refractivity contribution in [1.29, 1.82) is 0 Å². The van der Waals surface area contributed by atoms with Crippen molar-refractivity contribution in [3.05, 3.63) is 77.2 Å². The van der Waals surface area contributed by atoms with Crippen molar-refractivity contribution in [3.8, 4) is 0 Å². The first-order valence-electron chi connectivity index (χ1n) is 8.93. The number of carbonyl (C=O) groups excluding carboxylic acids is 1. The molecule has 2 heterocycles. The van der Waals surface area contributed by atoms with Gasteiger partial charge in [-0.2, -0.15) is 0 Å². The van der Waals surface area contributed by atoms with Gasteiger partial charge in [0.2, 0.25) is 0 Å². The van der Waals surface area contributed by atoms with Crippen LogP contribution >= 0.6 is 11.3 Å². The van der Waals surface area contributed by atoms with Crippen LogP contribution in [0.5, 0.6) is 0 Å². The van der Waals surface area contributed by atoms with Gasteiger partial charge in [0.05, 0.1) is 5.69 Å². The number of para-hydroxylation sites is 1. The van der Waals surface area contributed by atoms with Crippen molar-refractivity contribution < 1.29 is 13.2 Å². The Bertz CT molecular complexity index is 1110. The third-order valence-corrected chi connectivity index (χ3v) is 8.17. The average molecular weight is 413 g/mol. The maximum atomic E-state index is 13.1. The first-order chi connectivity index (χ1) is 13.4. The van der Waals surface area contributed by atoms with Gasteiger partial charge in [-0.25, -0.2) is 8.42 Å². The number of sulfonamides is 1. The molecule has 1 aliphatic rings. The number of hydrogen-bond donors (Lipinski definition) is 0. The fourth-order valence-electron chi connectivity index (χ4n) is 3.51. The van der Waals surface area contributed by atoms with Gasteiger partial charge in [0.25, 0.3) is 15.9 Å². The minimum absolute atomic E-state index is 0.0761. The highest BCUT2D eigenvalue weighted by Gasteiger charge is 2.31. The summed E-state index contributed by atoms with van der Waals surface area (Å²) in [7, 11) is -2.07. The van der Waals surface area contributed by atoms with Gasteiger partial charge in [-0.1, -0.05) is 24.3 Å². The Labute approximate surface area is 168 Å². The molecule has 4 rings (SSSR count).